The molecule has 0 bridgehead atoms. The molecule has 0 radical (unpaired) electrons. The average Bonchev–Trinajstić information content (AvgIpc) is 2.34. The van der Waals surface area contributed by atoms with E-state index in [0.717, 1.165) is 31.7 Å². The van der Waals surface area contributed by atoms with E-state index in [1.165, 1.54) is 5.56 Å². The van der Waals surface area contributed by atoms with Crippen molar-refractivity contribution in [1.82, 2.24) is 10.2 Å². The van der Waals surface area contributed by atoms with Crippen molar-refractivity contribution in [3.63, 3.8) is 0 Å². The largest absolute Gasteiger partial charge is 0.314 e. The third-order valence-corrected chi connectivity index (χ3v) is 3.29. The second-order valence-corrected chi connectivity index (χ2v) is 4.31. The molecule has 1 aromatic rings. The van der Waals surface area contributed by atoms with Crippen molar-refractivity contribution in [2.24, 2.45) is 0 Å². The molecule has 2 nitrogen and oxygen atoms in total. The molecule has 0 saturated carbocycles. The third kappa shape index (κ3) is 3.41. The number of benzene rings is 1. The molecular formula is C13H20ClFN2. The fourth-order valence-electron chi connectivity index (χ4n) is 2.33. The number of hydrogen-bond acceptors (Lipinski definition) is 2. The van der Waals surface area contributed by atoms with E-state index in [0.29, 0.717) is 0 Å². The summed E-state index contributed by atoms with van der Waals surface area (Å²) in [4.78, 5) is 2.23. The van der Waals surface area contributed by atoms with Gasteiger partial charge in [-0.15, -0.1) is 12.4 Å². The summed E-state index contributed by atoms with van der Waals surface area (Å²) in [5.41, 5.74) is 2.32. The lowest BCUT2D eigenvalue weighted by atomic mass is 10.0. The molecular weight excluding hydrogens is 239 g/mol. The molecule has 0 amide bonds. The molecule has 0 aliphatic carbocycles. The summed E-state index contributed by atoms with van der Waals surface area (Å²) < 4.78 is 13.2. The third-order valence-electron chi connectivity index (χ3n) is 3.29. The molecule has 1 heterocycles. The zero-order valence-corrected chi connectivity index (χ0v) is 11.0. The van der Waals surface area contributed by atoms with Crippen LogP contribution in [0.4, 0.5) is 4.39 Å². The summed E-state index contributed by atoms with van der Waals surface area (Å²) in [6.45, 7) is 5.54. The van der Waals surface area contributed by atoms with E-state index in [1.54, 1.807) is 0 Å². The average molecular weight is 259 g/mol. The van der Waals surface area contributed by atoms with Crippen LogP contribution in [0.25, 0.3) is 0 Å². The Balaban J connectivity index is 0.00000144. The number of piperazine rings is 1. The maximum absolute atomic E-state index is 13.2. The van der Waals surface area contributed by atoms with Gasteiger partial charge in [0.05, 0.1) is 6.04 Å². The highest BCUT2D eigenvalue weighted by atomic mass is 35.5. The maximum atomic E-state index is 13.2. The molecule has 1 aliphatic heterocycles. The Hall–Kier alpha value is -0.640. The van der Waals surface area contributed by atoms with Crippen molar-refractivity contribution in [2.75, 3.05) is 32.9 Å². The van der Waals surface area contributed by atoms with Crippen LogP contribution in [-0.2, 0) is 0 Å². The summed E-state index contributed by atoms with van der Waals surface area (Å²) in [6.07, 6.45) is 0. The molecule has 96 valence electrons. The van der Waals surface area contributed by atoms with Crippen molar-refractivity contribution in [2.45, 2.75) is 13.0 Å². The molecule has 2 rings (SSSR count). The molecule has 17 heavy (non-hydrogen) atoms. The minimum absolute atomic E-state index is 0. The summed E-state index contributed by atoms with van der Waals surface area (Å²) in [7, 11) is 0. The number of halogens is 2. The lowest BCUT2D eigenvalue weighted by Gasteiger charge is -2.34. The molecule has 1 saturated heterocycles. The fourth-order valence-corrected chi connectivity index (χ4v) is 2.33. The molecule has 1 N–H and O–H groups in total. The van der Waals surface area contributed by atoms with Crippen molar-refractivity contribution in [3.8, 4) is 0 Å². The molecule has 1 aliphatic rings. The van der Waals surface area contributed by atoms with Gasteiger partial charge in [0.25, 0.3) is 0 Å². The topological polar surface area (TPSA) is 15.3 Å². The predicted molar refractivity (Wildman–Crippen MR) is 71.6 cm³/mol. The molecule has 0 unspecified atom stereocenters. The Morgan fingerprint density at radius 3 is 2.53 bits per heavy atom. The van der Waals surface area contributed by atoms with Crippen LogP contribution < -0.4 is 5.32 Å². The summed E-state index contributed by atoms with van der Waals surface area (Å²) in [5.74, 6) is 0. The Labute approximate surface area is 109 Å². The van der Waals surface area contributed by atoms with Crippen LogP contribution >= 0.6 is 12.4 Å². The van der Waals surface area contributed by atoms with E-state index in [1.807, 2.05) is 18.2 Å². The molecule has 1 fully saturated rings. The first-order valence-electron chi connectivity index (χ1n) is 5.89. The molecule has 1 atom stereocenters. The van der Waals surface area contributed by atoms with Gasteiger partial charge in [0, 0.05) is 26.2 Å². The van der Waals surface area contributed by atoms with Gasteiger partial charge in [0.15, 0.2) is 0 Å². The summed E-state index contributed by atoms with van der Waals surface area (Å²) >= 11 is 0. The molecule has 4 heteroatoms. The SMILES string of the molecule is Cc1ccccc1[C@H](CF)N1CCNCC1.Cl. The Morgan fingerprint density at radius 1 is 1.29 bits per heavy atom. The fraction of sp³-hybridized carbons (Fsp3) is 0.538. The van der Waals surface area contributed by atoms with E-state index in [2.05, 4.69) is 23.2 Å². The zero-order chi connectivity index (χ0) is 11.4. The monoisotopic (exact) mass is 258 g/mol. The van der Waals surface area contributed by atoms with Crippen LogP contribution in [-0.4, -0.2) is 37.8 Å². The number of nitrogens with zero attached hydrogens (tertiary/aromatic N) is 1. The number of alkyl halides is 1. The van der Waals surface area contributed by atoms with Crippen LogP contribution in [0, 0.1) is 6.92 Å². The van der Waals surface area contributed by atoms with Crippen LogP contribution in [0.3, 0.4) is 0 Å². The first-order chi connectivity index (χ1) is 7.83. The van der Waals surface area contributed by atoms with Gasteiger partial charge in [-0.2, -0.15) is 0 Å². The van der Waals surface area contributed by atoms with Crippen LogP contribution in [0.5, 0.6) is 0 Å². The summed E-state index contributed by atoms with van der Waals surface area (Å²) in [6, 6.07) is 8.03. The highest BCUT2D eigenvalue weighted by Gasteiger charge is 2.22. The smallest absolute Gasteiger partial charge is 0.109 e. The van der Waals surface area contributed by atoms with E-state index < -0.39 is 0 Å². The first kappa shape index (κ1) is 14.4. The van der Waals surface area contributed by atoms with Gasteiger partial charge in [-0.05, 0) is 18.1 Å². The quantitative estimate of drug-likeness (QED) is 0.895. The predicted octanol–water partition coefficient (Wildman–Crippen LogP) is 2.33. The number of nitrogens with one attached hydrogen (secondary N) is 1. The van der Waals surface area contributed by atoms with Gasteiger partial charge in [-0.3, -0.25) is 4.90 Å². The second-order valence-electron chi connectivity index (χ2n) is 4.31. The van der Waals surface area contributed by atoms with Crippen LogP contribution in [0.2, 0.25) is 0 Å². The zero-order valence-electron chi connectivity index (χ0n) is 10.2. The number of hydrogen-bond donors (Lipinski definition) is 1. The van der Waals surface area contributed by atoms with E-state index in [9.17, 15) is 4.39 Å². The maximum Gasteiger partial charge on any atom is 0.109 e. The Bertz CT molecular complexity index is 340. The minimum atomic E-state index is -0.301. The molecule has 0 spiro atoms. The standard InChI is InChI=1S/C13H19FN2.ClH/c1-11-4-2-3-5-12(11)13(10-14)16-8-6-15-7-9-16;/h2-5,13,15H,6-10H2,1H3;1H/t13-;/m0./s1. The normalized spacial score (nSPS) is 18.5. The van der Waals surface area contributed by atoms with Crippen LogP contribution in [0.15, 0.2) is 24.3 Å². The van der Waals surface area contributed by atoms with Gasteiger partial charge < -0.3 is 5.32 Å². The van der Waals surface area contributed by atoms with Gasteiger partial charge in [0.2, 0.25) is 0 Å². The Kier molecular flexibility index (Phi) is 5.89. The highest BCUT2D eigenvalue weighted by molar-refractivity contribution is 5.85. The van der Waals surface area contributed by atoms with E-state index >= 15 is 0 Å². The molecule has 1 aromatic carbocycles. The minimum Gasteiger partial charge on any atom is -0.314 e. The number of rotatable bonds is 3. The lowest BCUT2D eigenvalue weighted by molar-refractivity contribution is 0.147. The highest BCUT2D eigenvalue weighted by Crippen LogP contribution is 2.24. The van der Waals surface area contributed by atoms with Crippen LogP contribution in [0.1, 0.15) is 17.2 Å². The van der Waals surface area contributed by atoms with E-state index in [-0.39, 0.29) is 25.1 Å². The first-order valence-corrected chi connectivity index (χ1v) is 5.89. The number of aryl methyl sites for hydroxylation is 1. The summed E-state index contributed by atoms with van der Waals surface area (Å²) in [5, 5.41) is 3.30. The van der Waals surface area contributed by atoms with E-state index in [4.69, 9.17) is 0 Å². The van der Waals surface area contributed by atoms with Gasteiger partial charge in [-0.25, -0.2) is 4.39 Å². The van der Waals surface area contributed by atoms with Crippen molar-refractivity contribution in [3.05, 3.63) is 35.4 Å². The van der Waals surface area contributed by atoms with Crippen molar-refractivity contribution in [1.29, 1.82) is 0 Å². The Morgan fingerprint density at radius 2 is 1.94 bits per heavy atom. The second kappa shape index (κ2) is 6.94. The van der Waals surface area contributed by atoms with Gasteiger partial charge >= 0.3 is 0 Å². The van der Waals surface area contributed by atoms with Crippen molar-refractivity contribution < 1.29 is 4.39 Å². The van der Waals surface area contributed by atoms with Gasteiger partial charge in [-0.1, -0.05) is 24.3 Å². The lowest BCUT2D eigenvalue weighted by Crippen LogP contribution is -2.45. The molecule has 0 aromatic heterocycles. The van der Waals surface area contributed by atoms with Gasteiger partial charge in [0.1, 0.15) is 6.67 Å². The van der Waals surface area contributed by atoms with Crippen molar-refractivity contribution >= 4 is 12.4 Å².